The molecule has 0 aliphatic heterocycles. The van der Waals surface area contributed by atoms with Crippen LogP contribution < -0.4 is 0 Å². The molecule has 0 aromatic carbocycles. The Kier molecular flexibility index (Phi) is 2.73. The zero-order chi connectivity index (χ0) is 12.8. The van der Waals surface area contributed by atoms with Gasteiger partial charge in [-0.25, -0.2) is 0 Å². The van der Waals surface area contributed by atoms with Gasteiger partial charge in [-0.1, -0.05) is 20.8 Å². The Bertz CT molecular complexity index is 547. The molecule has 2 rings (SSSR count). The molecule has 6 heteroatoms. The van der Waals surface area contributed by atoms with Gasteiger partial charge in [-0.15, -0.1) is 10.2 Å². The summed E-state index contributed by atoms with van der Waals surface area (Å²) in [5, 5.41) is 12.8. The van der Waals surface area contributed by atoms with Gasteiger partial charge in [0.1, 0.15) is 5.82 Å². The van der Waals surface area contributed by atoms with Crippen molar-refractivity contribution in [3.8, 4) is 5.69 Å². The standard InChI is InChI=1S/C11H16ClN5/c1-7-8(6-16(5)15-7)17-9(11(2,3)4)13-14-10(17)12/h6H,1-5H3. The lowest BCUT2D eigenvalue weighted by Crippen LogP contribution is -2.18. The van der Waals surface area contributed by atoms with Gasteiger partial charge in [0.05, 0.1) is 11.4 Å². The Balaban J connectivity index is 2.67. The summed E-state index contributed by atoms with van der Waals surface area (Å²) in [6.45, 7) is 8.18. The minimum atomic E-state index is -0.123. The van der Waals surface area contributed by atoms with Crippen LogP contribution in [0.3, 0.4) is 0 Å². The SMILES string of the molecule is Cc1nn(C)cc1-n1c(Cl)nnc1C(C)(C)C. The van der Waals surface area contributed by atoms with Crippen LogP contribution >= 0.6 is 11.6 Å². The summed E-state index contributed by atoms with van der Waals surface area (Å²) in [6, 6.07) is 0. The summed E-state index contributed by atoms with van der Waals surface area (Å²) < 4.78 is 3.61. The van der Waals surface area contributed by atoms with Crippen molar-refractivity contribution in [3.05, 3.63) is 23.0 Å². The molecule has 2 aromatic heterocycles. The predicted octanol–water partition coefficient (Wildman–Crippen LogP) is 2.26. The average molecular weight is 254 g/mol. The van der Waals surface area contributed by atoms with Gasteiger partial charge < -0.3 is 0 Å². The second kappa shape index (κ2) is 3.84. The number of aromatic nitrogens is 5. The molecule has 0 N–H and O–H groups in total. The Labute approximate surface area is 105 Å². The van der Waals surface area contributed by atoms with Crippen molar-refractivity contribution in [3.63, 3.8) is 0 Å². The normalized spacial score (nSPS) is 12.1. The highest BCUT2D eigenvalue weighted by molar-refractivity contribution is 6.28. The molecule has 0 saturated heterocycles. The first-order chi connectivity index (χ1) is 7.80. The van der Waals surface area contributed by atoms with E-state index in [0.29, 0.717) is 5.28 Å². The monoisotopic (exact) mass is 253 g/mol. The average Bonchev–Trinajstić information content (AvgIpc) is 2.68. The number of halogens is 1. The Morgan fingerprint density at radius 3 is 2.35 bits per heavy atom. The Hall–Kier alpha value is -1.36. The third-order valence-corrected chi connectivity index (χ3v) is 2.77. The van der Waals surface area contributed by atoms with E-state index < -0.39 is 0 Å². The van der Waals surface area contributed by atoms with Gasteiger partial charge in [-0.2, -0.15) is 5.10 Å². The van der Waals surface area contributed by atoms with Crippen LogP contribution in [-0.4, -0.2) is 24.5 Å². The van der Waals surface area contributed by atoms with Gasteiger partial charge in [0.25, 0.3) is 0 Å². The molecule has 0 fully saturated rings. The molecule has 2 heterocycles. The number of hydrogen-bond donors (Lipinski definition) is 0. The van der Waals surface area contributed by atoms with Crippen LogP contribution in [0, 0.1) is 6.92 Å². The summed E-state index contributed by atoms with van der Waals surface area (Å²) in [7, 11) is 1.88. The van der Waals surface area contributed by atoms with Crippen molar-refractivity contribution < 1.29 is 0 Å². The van der Waals surface area contributed by atoms with Crippen LogP contribution in [0.15, 0.2) is 6.20 Å². The number of nitrogens with zero attached hydrogens (tertiary/aromatic N) is 5. The Morgan fingerprint density at radius 1 is 1.24 bits per heavy atom. The molecule has 17 heavy (non-hydrogen) atoms. The molecule has 0 spiro atoms. The zero-order valence-corrected chi connectivity index (χ0v) is 11.4. The van der Waals surface area contributed by atoms with E-state index in [4.69, 9.17) is 11.6 Å². The van der Waals surface area contributed by atoms with Gasteiger partial charge in [-0.05, 0) is 18.5 Å². The summed E-state index contributed by atoms with van der Waals surface area (Å²) in [6.07, 6.45) is 1.92. The van der Waals surface area contributed by atoms with Crippen molar-refractivity contribution in [1.82, 2.24) is 24.5 Å². The predicted molar refractivity (Wildman–Crippen MR) is 66.6 cm³/mol. The second-order valence-electron chi connectivity index (χ2n) is 5.15. The van der Waals surface area contributed by atoms with E-state index in [-0.39, 0.29) is 5.41 Å². The lowest BCUT2D eigenvalue weighted by molar-refractivity contribution is 0.533. The van der Waals surface area contributed by atoms with Gasteiger partial charge >= 0.3 is 0 Å². The van der Waals surface area contributed by atoms with Crippen LogP contribution in [0.25, 0.3) is 5.69 Å². The minimum absolute atomic E-state index is 0.123. The fraction of sp³-hybridized carbons (Fsp3) is 0.545. The molecule has 0 radical (unpaired) electrons. The van der Waals surface area contributed by atoms with E-state index in [0.717, 1.165) is 17.2 Å². The smallest absolute Gasteiger partial charge is 0.229 e. The van der Waals surface area contributed by atoms with Gasteiger partial charge in [0, 0.05) is 18.7 Å². The summed E-state index contributed by atoms with van der Waals surface area (Å²) >= 11 is 6.12. The summed E-state index contributed by atoms with van der Waals surface area (Å²) in [5.41, 5.74) is 1.70. The van der Waals surface area contributed by atoms with Crippen molar-refractivity contribution in [2.45, 2.75) is 33.1 Å². The lowest BCUT2D eigenvalue weighted by Gasteiger charge is -2.18. The molecule has 0 atom stereocenters. The Morgan fingerprint density at radius 2 is 1.88 bits per heavy atom. The van der Waals surface area contributed by atoms with Crippen molar-refractivity contribution in [2.24, 2.45) is 7.05 Å². The van der Waals surface area contributed by atoms with E-state index in [2.05, 4.69) is 36.1 Å². The van der Waals surface area contributed by atoms with Crippen LogP contribution in [0.5, 0.6) is 0 Å². The number of aryl methyl sites for hydroxylation is 2. The molecule has 5 nitrogen and oxygen atoms in total. The lowest BCUT2D eigenvalue weighted by atomic mass is 9.95. The maximum atomic E-state index is 6.12. The van der Waals surface area contributed by atoms with E-state index in [1.165, 1.54) is 0 Å². The van der Waals surface area contributed by atoms with Crippen molar-refractivity contribution in [2.75, 3.05) is 0 Å². The molecule has 0 saturated carbocycles. The zero-order valence-electron chi connectivity index (χ0n) is 10.7. The molecule has 2 aromatic rings. The first-order valence-electron chi connectivity index (χ1n) is 5.42. The second-order valence-corrected chi connectivity index (χ2v) is 5.49. The maximum Gasteiger partial charge on any atom is 0.229 e. The fourth-order valence-corrected chi connectivity index (χ4v) is 1.98. The van der Waals surface area contributed by atoms with E-state index in [1.54, 1.807) is 4.68 Å². The highest BCUT2D eigenvalue weighted by atomic mass is 35.5. The van der Waals surface area contributed by atoms with E-state index >= 15 is 0 Å². The van der Waals surface area contributed by atoms with Crippen molar-refractivity contribution >= 4 is 11.6 Å². The fourth-order valence-electron chi connectivity index (χ4n) is 1.77. The van der Waals surface area contributed by atoms with E-state index in [1.807, 2.05) is 24.7 Å². The summed E-state index contributed by atoms with van der Waals surface area (Å²) in [4.78, 5) is 0. The third-order valence-electron chi connectivity index (χ3n) is 2.52. The van der Waals surface area contributed by atoms with Crippen LogP contribution in [0.4, 0.5) is 0 Å². The topological polar surface area (TPSA) is 48.5 Å². The minimum Gasteiger partial charge on any atom is -0.273 e. The largest absolute Gasteiger partial charge is 0.273 e. The first-order valence-corrected chi connectivity index (χ1v) is 5.80. The number of rotatable bonds is 1. The molecule has 0 amide bonds. The highest BCUT2D eigenvalue weighted by Gasteiger charge is 2.25. The van der Waals surface area contributed by atoms with Crippen LogP contribution in [0.1, 0.15) is 32.3 Å². The van der Waals surface area contributed by atoms with Crippen LogP contribution in [0.2, 0.25) is 5.28 Å². The molecular weight excluding hydrogens is 238 g/mol. The first kappa shape index (κ1) is 12.1. The quantitative estimate of drug-likeness (QED) is 0.783. The molecule has 92 valence electrons. The van der Waals surface area contributed by atoms with Crippen molar-refractivity contribution in [1.29, 1.82) is 0 Å². The molecular formula is C11H16ClN5. The van der Waals surface area contributed by atoms with Crippen LogP contribution in [-0.2, 0) is 12.5 Å². The number of hydrogen-bond acceptors (Lipinski definition) is 3. The maximum absolute atomic E-state index is 6.12. The molecule has 0 aliphatic rings. The van der Waals surface area contributed by atoms with E-state index in [9.17, 15) is 0 Å². The third kappa shape index (κ3) is 2.07. The van der Waals surface area contributed by atoms with Gasteiger partial charge in [-0.3, -0.25) is 9.25 Å². The molecule has 0 unspecified atom stereocenters. The van der Waals surface area contributed by atoms with Gasteiger partial charge in [0.2, 0.25) is 5.28 Å². The summed E-state index contributed by atoms with van der Waals surface area (Å²) in [5.74, 6) is 0.832. The molecule has 0 aliphatic carbocycles. The van der Waals surface area contributed by atoms with Gasteiger partial charge in [0.15, 0.2) is 0 Å². The highest BCUT2D eigenvalue weighted by Crippen LogP contribution is 2.27. The molecule has 0 bridgehead atoms.